The Kier molecular flexibility index (Phi) is 6.72. The maximum atomic E-state index is 12.9. The van der Waals surface area contributed by atoms with E-state index in [4.69, 9.17) is 4.74 Å². The van der Waals surface area contributed by atoms with E-state index in [9.17, 15) is 30.0 Å². The number of fused-ring (bicyclic) bond motifs is 5. The zero-order chi connectivity index (χ0) is 28.5. The summed E-state index contributed by atoms with van der Waals surface area (Å²) >= 11 is 3.31. The van der Waals surface area contributed by atoms with Crippen LogP contribution in [0.4, 0.5) is 0 Å². The number of carbonyl (C=O) groups is 2. The molecule has 4 aliphatic carbocycles. The van der Waals surface area contributed by atoms with Crippen LogP contribution in [0, 0.1) is 28.6 Å². The highest BCUT2D eigenvalue weighted by atomic mass is 79.9. The third kappa shape index (κ3) is 4.01. The van der Waals surface area contributed by atoms with Gasteiger partial charge in [0.25, 0.3) is 5.91 Å². The number of aliphatic hydroxyl groups excluding tert-OH is 1. The quantitative estimate of drug-likeness (QED) is 0.197. The number of phenols is 1. The second-order valence-electron chi connectivity index (χ2n) is 12.9. The Morgan fingerprint density at radius 3 is 2.65 bits per heavy atom. The molecule has 1 aromatic rings. The highest BCUT2D eigenvalue weighted by Crippen LogP contribution is 2.70. The Bertz CT molecular complexity index is 1300. The van der Waals surface area contributed by atoms with Crippen LogP contribution in [0.3, 0.4) is 0 Å². The maximum Gasteiger partial charge on any atom is 0.331 e. The Labute approximate surface area is 241 Å². The molecule has 1 aromatic carbocycles. The lowest BCUT2D eigenvalue weighted by atomic mass is 9.41. The van der Waals surface area contributed by atoms with Crippen LogP contribution in [0.25, 0.3) is 0 Å². The summed E-state index contributed by atoms with van der Waals surface area (Å²) < 4.78 is 5.86. The lowest BCUT2D eigenvalue weighted by Gasteiger charge is -2.65. The van der Waals surface area contributed by atoms with Gasteiger partial charge < -0.3 is 25.2 Å². The third-order valence-electron chi connectivity index (χ3n) is 11.3. The SMILES string of the molecule is C[C@]12CC[C@H]3[C@@H](CC[C@]4(O)C[C@H](O)CC[C@]34/C=N\NC(=O)c3cc(Br)ccc3O)[C@@]1(O)CC[C@@H]2C1=CC(=O)OC1. The van der Waals surface area contributed by atoms with E-state index in [2.05, 4.69) is 33.4 Å². The Morgan fingerprint density at radius 2 is 1.90 bits per heavy atom. The van der Waals surface area contributed by atoms with Crippen molar-refractivity contribution < 1.29 is 34.8 Å². The van der Waals surface area contributed by atoms with Crippen LogP contribution >= 0.6 is 15.9 Å². The van der Waals surface area contributed by atoms with Gasteiger partial charge in [-0.3, -0.25) is 4.79 Å². The predicted molar refractivity (Wildman–Crippen MR) is 149 cm³/mol. The summed E-state index contributed by atoms with van der Waals surface area (Å²) in [5, 5.41) is 49.7. The van der Waals surface area contributed by atoms with Crippen LogP contribution in [0.2, 0.25) is 0 Å². The van der Waals surface area contributed by atoms with Crippen LogP contribution in [0.5, 0.6) is 5.75 Å². The summed E-state index contributed by atoms with van der Waals surface area (Å²) in [7, 11) is 0. The molecule has 40 heavy (non-hydrogen) atoms. The summed E-state index contributed by atoms with van der Waals surface area (Å²) in [5.74, 6) is -1.22. The molecule has 0 spiro atoms. The number of benzene rings is 1. The molecule has 0 bridgehead atoms. The van der Waals surface area contributed by atoms with E-state index < -0.39 is 34.0 Å². The average molecular weight is 618 g/mol. The van der Waals surface area contributed by atoms with Crippen molar-refractivity contribution in [1.82, 2.24) is 5.43 Å². The minimum Gasteiger partial charge on any atom is -0.507 e. The summed E-state index contributed by atoms with van der Waals surface area (Å²) in [6, 6.07) is 4.56. The first-order chi connectivity index (χ1) is 18.9. The number of cyclic esters (lactones) is 1. The lowest BCUT2D eigenvalue weighted by molar-refractivity contribution is -0.237. The van der Waals surface area contributed by atoms with Crippen LogP contribution in [0.15, 0.2) is 39.4 Å². The number of rotatable bonds is 4. The number of aliphatic hydroxyl groups is 3. The van der Waals surface area contributed by atoms with Gasteiger partial charge in [-0.1, -0.05) is 22.9 Å². The predicted octanol–water partition coefficient (Wildman–Crippen LogP) is 3.58. The number of esters is 1. The number of amides is 1. The first-order valence-corrected chi connectivity index (χ1v) is 15.0. The fraction of sp³-hybridized carbons (Fsp3) is 0.633. The van der Waals surface area contributed by atoms with Gasteiger partial charge in [0.1, 0.15) is 12.4 Å². The first kappa shape index (κ1) is 27.9. The van der Waals surface area contributed by atoms with Gasteiger partial charge in [0.05, 0.1) is 22.9 Å². The molecule has 5 N–H and O–H groups in total. The number of nitrogens with zero attached hydrogens (tertiary/aromatic N) is 1. The number of aromatic hydroxyl groups is 1. The molecule has 0 saturated heterocycles. The zero-order valence-electron chi connectivity index (χ0n) is 22.6. The zero-order valence-corrected chi connectivity index (χ0v) is 24.2. The summed E-state index contributed by atoms with van der Waals surface area (Å²) in [4.78, 5) is 24.7. The molecule has 4 fully saturated rings. The van der Waals surface area contributed by atoms with E-state index in [1.165, 1.54) is 12.1 Å². The summed E-state index contributed by atoms with van der Waals surface area (Å²) in [5.41, 5.74) is 0.0831. The van der Waals surface area contributed by atoms with Crippen molar-refractivity contribution in [2.45, 2.75) is 82.0 Å². The maximum absolute atomic E-state index is 12.9. The van der Waals surface area contributed by atoms with E-state index in [-0.39, 0.29) is 48.1 Å². The molecular weight excluding hydrogens is 580 g/mol. The average Bonchev–Trinajstić information content (AvgIpc) is 3.45. The molecule has 216 valence electrons. The van der Waals surface area contributed by atoms with Gasteiger partial charge in [0.15, 0.2) is 0 Å². The summed E-state index contributed by atoms with van der Waals surface area (Å²) in [6.45, 7) is 2.42. The number of phenolic OH excluding ortho intramolecular Hbond substituents is 1. The second-order valence-corrected chi connectivity index (χ2v) is 13.8. The topological polar surface area (TPSA) is 149 Å². The van der Waals surface area contributed by atoms with Gasteiger partial charge in [0, 0.05) is 34.0 Å². The van der Waals surface area contributed by atoms with Gasteiger partial charge in [-0.25, -0.2) is 10.2 Å². The Hall–Kier alpha value is -2.27. The van der Waals surface area contributed by atoms with Crippen molar-refractivity contribution in [3.05, 3.63) is 39.9 Å². The number of halogens is 1. The monoisotopic (exact) mass is 616 g/mol. The number of hydrogen-bond acceptors (Lipinski definition) is 8. The summed E-state index contributed by atoms with van der Waals surface area (Å²) in [6.07, 6.45) is 7.68. The minimum atomic E-state index is -1.23. The largest absolute Gasteiger partial charge is 0.507 e. The molecule has 4 saturated carbocycles. The molecular formula is C30H37BrN2O7. The third-order valence-corrected chi connectivity index (χ3v) is 11.8. The van der Waals surface area contributed by atoms with E-state index in [0.29, 0.717) is 43.0 Å². The fourth-order valence-electron chi connectivity index (χ4n) is 9.32. The highest BCUT2D eigenvalue weighted by molar-refractivity contribution is 9.10. The van der Waals surface area contributed by atoms with Crippen molar-refractivity contribution >= 4 is 34.0 Å². The molecule has 0 aromatic heterocycles. The molecule has 9 nitrogen and oxygen atoms in total. The number of ether oxygens (including phenoxy) is 1. The van der Waals surface area contributed by atoms with Crippen LogP contribution in [-0.2, 0) is 9.53 Å². The van der Waals surface area contributed by atoms with Gasteiger partial charge in [-0.05, 0) is 92.9 Å². The van der Waals surface area contributed by atoms with Crippen molar-refractivity contribution in [3.8, 4) is 5.75 Å². The van der Waals surface area contributed by atoms with Crippen LogP contribution in [0.1, 0.15) is 75.1 Å². The first-order valence-electron chi connectivity index (χ1n) is 14.3. The highest BCUT2D eigenvalue weighted by Gasteiger charge is 2.71. The molecule has 0 radical (unpaired) electrons. The van der Waals surface area contributed by atoms with E-state index >= 15 is 0 Å². The van der Waals surface area contributed by atoms with Crippen LogP contribution < -0.4 is 5.43 Å². The molecule has 0 unspecified atom stereocenters. The van der Waals surface area contributed by atoms with E-state index in [1.807, 2.05) is 0 Å². The Morgan fingerprint density at radius 1 is 1.12 bits per heavy atom. The number of carbonyl (C=O) groups excluding carboxylic acids is 2. The Balaban J connectivity index is 1.32. The van der Waals surface area contributed by atoms with E-state index in [0.717, 1.165) is 18.4 Å². The molecule has 8 atom stereocenters. The standard InChI is InChI=1S/C30H37BrN2O7/c1-27-8-5-22-23(30(27,39)11-7-21(27)17-12-25(36)40-15-17)6-10-29(38)14-19(34)4-9-28(22,29)16-32-33-26(37)20-13-18(31)2-3-24(20)35/h2-3,12-13,16,19,21-23,34-35,38-39H,4-11,14-15H2,1H3,(H,33,37)/b32-16-/t19-,21-,22+,23-,27-,28+,29+,30+/m1/s1. The van der Waals surface area contributed by atoms with Crippen molar-refractivity contribution in [1.29, 1.82) is 0 Å². The lowest BCUT2D eigenvalue weighted by Crippen LogP contribution is -2.68. The van der Waals surface area contributed by atoms with Gasteiger partial charge in [-0.15, -0.1) is 0 Å². The molecule has 1 amide bonds. The van der Waals surface area contributed by atoms with Gasteiger partial charge >= 0.3 is 5.97 Å². The van der Waals surface area contributed by atoms with E-state index in [1.54, 1.807) is 18.4 Å². The number of hydrazone groups is 1. The number of hydrogen-bond donors (Lipinski definition) is 5. The van der Waals surface area contributed by atoms with Crippen molar-refractivity contribution in [2.75, 3.05) is 6.61 Å². The van der Waals surface area contributed by atoms with Gasteiger partial charge in [-0.2, -0.15) is 5.10 Å². The molecule has 10 heteroatoms. The smallest absolute Gasteiger partial charge is 0.331 e. The second kappa shape index (κ2) is 9.64. The van der Waals surface area contributed by atoms with Crippen molar-refractivity contribution in [2.24, 2.45) is 33.7 Å². The molecule has 1 heterocycles. The van der Waals surface area contributed by atoms with Crippen LogP contribution in [-0.4, -0.2) is 62.4 Å². The molecule has 5 aliphatic rings. The van der Waals surface area contributed by atoms with Gasteiger partial charge in [0.2, 0.25) is 0 Å². The molecule has 6 rings (SSSR count). The fourth-order valence-corrected chi connectivity index (χ4v) is 9.68. The van der Waals surface area contributed by atoms with Crippen molar-refractivity contribution in [3.63, 3.8) is 0 Å². The minimum absolute atomic E-state index is 0.0562. The number of nitrogens with one attached hydrogen (secondary N) is 1. The molecule has 1 aliphatic heterocycles. The normalized spacial score (nSPS) is 42.5.